The average molecular weight is 592 g/mol. The Morgan fingerprint density at radius 2 is 0.780 bits per heavy atom. The number of hydrogen-bond acceptors (Lipinski definition) is 8. The number of amides is 1. The highest BCUT2D eigenvalue weighted by Gasteiger charge is 2.15. The molecule has 9 nitrogen and oxygen atoms in total. The van der Waals surface area contributed by atoms with E-state index in [9.17, 15) is 4.79 Å². The highest BCUT2D eigenvalue weighted by atomic mass is 16.6. The Morgan fingerprint density at radius 1 is 0.463 bits per heavy atom. The molecule has 0 unspecified atom stereocenters. The van der Waals surface area contributed by atoms with Crippen LogP contribution < -0.4 is 5.32 Å². The van der Waals surface area contributed by atoms with Gasteiger partial charge >= 0.3 is 6.09 Å². The van der Waals surface area contributed by atoms with Crippen LogP contribution in [-0.4, -0.2) is 97.5 Å². The lowest BCUT2D eigenvalue weighted by atomic mass is 10.0. The van der Waals surface area contributed by atoms with E-state index >= 15 is 0 Å². The number of nitrogens with one attached hydrogen (secondary N) is 1. The van der Waals surface area contributed by atoms with Crippen LogP contribution in [0.5, 0.6) is 0 Å². The lowest BCUT2D eigenvalue weighted by molar-refractivity contribution is -0.0167. The number of alkyl carbamates (subject to hydrolysis) is 1. The van der Waals surface area contributed by atoms with Crippen molar-refractivity contribution in [3.63, 3.8) is 0 Å². The molecule has 0 saturated heterocycles. The Kier molecular flexibility index (Phi) is 31.2. The van der Waals surface area contributed by atoms with E-state index < -0.39 is 11.7 Å². The van der Waals surface area contributed by atoms with Crippen molar-refractivity contribution in [1.29, 1.82) is 0 Å². The second-order valence-electron chi connectivity index (χ2n) is 11.3. The fraction of sp³-hybridized carbons (Fsp3) is 0.969. The molecule has 1 amide bonds. The topological polar surface area (TPSA) is 93.7 Å². The van der Waals surface area contributed by atoms with Crippen molar-refractivity contribution >= 4 is 6.09 Å². The van der Waals surface area contributed by atoms with E-state index in [1.807, 2.05) is 20.8 Å². The molecule has 0 radical (unpaired) electrons. The maximum Gasteiger partial charge on any atom is 0.407 e. The Bertz CT molecular complexity index is 530. The molecule has 0 heterocycles. The van der Waals surface area contributed by atoms with Crippen molar-refractivity contribution in [2.75, 3.05) is 85.8 Å². The van der Waals surface area contributed by atoms with Crippen molar-refractivity contribution in [2.45, 2.75) is 117 Å². The van der Waals surface area contributed by atoms with Crippen molar-refractivity contribution in [3.8, 4) is 0 Å². The van der Waals surface area contributed by atoms with Crippen molar-refractivity contribution < 1.29 is 38.0 Å². The van der Waals surface area contributed by atoms with E-state index in [1.165, 1.54) is 77.0 Å². The third-order valence-electron chi connectivity index (χ3n) is 6.17. The maximum atomic E-state index is 11.5. The normalized spacial score (nSPS) is 11.7. The summed E-state index contributed by atoms with van der Waals surface area (Å²) in [6.45, 7) is 14.8. The molecule has 0 aromatic heterocycles. The van der Waals surface area contributed by atoms with Gasteiger partial charge in [0.15, 0.2) is 0 Å². The number of ether oxygens (including phenoxy) is 7. The fourth-order valence-electron chi connectivity index (χ4n) is 3.96. The number of rotatable bonds is 32. The van der Waals surface area contributed by atoms with Gasteiger partial charge in [-0.2, -0.15) is 0 Å². The number of carbonyl (C=O) groups is 1. The molecule has 0 aromatic carbocycles. The van der Waals surface area contributed by atoms with Gasteiger partial charge in [0.05, 0.1) is 72.7 Å². The zero-order valence-electron chi connectivity index (χ0n) is 27.2. The quantitative estimate of drug-likeness (QED) is 0.0864. The van der Waals surface area contributed by atoms with Crippen molar-refractivity contribution in [3.05, 3.63) is 0 Å². The van der Waals surface area contributed by atoms with Crippen LogP contribution in [0.3, 0.4) is 0 Å². The Morgan fingerprint density at radius 3 is 1.15 bits per heavy atom. The first-order valence-corrected chi connectivity index (χ1v) is 16.4. The van der Waals surface area contributed by atoms with Crippen LogP contribution in [0.1, 0.15) is 111 Å². The minimum absolute atomic E-state index is 0.399. The molecule has 41 heavy (non-hydrogen) atoms. The highest BCUT2D eigenvalue weighted by Crippen LogP contribution is 2.12. The summed E-state index contributed by atoms with van der Waals surface area (Å²) < 4.78 is 38.2. The molecule has 0 spiro atoms. The molecule has 0 aliphatic carbocycles. The lowest BCUT2D eigenvalue weighted by Crippen LogP contribution is -2.34. The summed E-state index contributed by atoms with van der Waals surface area (Å²) in [5, 5.41) is 2.64. The van der Waals surface area contributed by atoms with Gasteiger partial charge in [-0.3, -0.25) is 0 Å². The summed E-state index contributed by atoms with van der Waals surface area (Å²) in [6.07, 6.45) is 17.3. The summed E-state index contributed by atoms with van der Waals surface area (Å²) >= 11 is 0. The summed E-state index contributed by atoms with van der Waals surface area (Å²) in [5.74, 6) is 0. The van der Waals surface area contributed by atoms with Crippen LogP contribution in [0.15, 0.2) is 0 Å². The minimum atomic E-state index is -0.498. The monoisotopic (exact) mass is 591 g/mol. The predicted molar refractivity (Wildman–Crippen MR) is 165 cm³/mol. The second-order valence-corrected chi connectivity index (χ2v) is 11.3. The van der Waals surface area contributed by atoms with E-state index in [2.05, 4.69) is 12.2 Å². The minimum Gasteiger partial charge on any atom is -0.444 e. The van der Waals surface area contributed by atoms with Crippen LogP contribution >= 0.6 is 0 Å². The molecule has 0 aliphatic heterocycles. The third-order valence-corrected chi connectivity index (χ3v) is 6.17. The summed E-state index contributed by atoms with van der Waals surface area (Å²) in [5.41, 5.74) is -0.498. The largest absolute Gasteiger partial charge is 0.444 e. The Balaban J connectivity index is 3.09. The van der Waals surface area contributed by atoms with Gasteiger partial charge in [-0.1, -0.05) is 84.0 Å². The number of hydrogen-bond donors (Lipinski definition) is 1. The predicted octanol–water partition coefficient (Wildman–Crippen LogP) is 6.70. The molecule has 0 fully saturated rings. The molecule has 9 heteroatoms. The van der Waals surface area contributed by atoms with Crippen LogP contribution in [0.25, 0.3) is 0 Å². The standard InChI is InChI=1S/C32H65NO8/c1-5-6-7-8-9-10-11-12-13-14-15-16-17-19-35-21-23-37-25-27-39-29-30-40-28-26-38-24-22-36-20-18-33-31(34)41-32(2,3)4/h5-30H2,1-4H3,(H,33,34). The zero-order valence-corrected chi connectivity index (χ0v) is 27.2. The molecule has 1 N–H and O–H groups in total. The summed E-state index contributed by atoms with van der Waals surface area (Å²) in [7, 11) is 0. The van der Waals surface area contributed by atoms with Gasteiger partial charge in [0.2, 0.25) is 0 Å². The molecule has 0 aliphatic rings. The van der Waals surface area contributed by atoms with Crippen LogP contribution in [0.4, 0.5) is 4.79 Å². The number of carbonyl (C=O) groups excluding carboxylic acids is 1. The van der Waals surface area contributed by atoms with Gasteiger partial charge in [0.1, 0.15) is 5.60 Å². The first-order valence-electron chi connectivity index (χ1n) is 16.4. The first-order chi connectivity index (χ1) is 20.0. The van der Waals surface area contributed by atoms with E-state index in [-0.39, 0.29) is 0 Å². The first kappa shape index (κ1) is 40.0. The summed E-state index contributed by atoms with van der Waals surface area (Å²) in [6, 6.07) is 0. The fourth-order valence-corrected chi connectivity index (χ4v) is 3.96. The van der Waals surface area contributed by atoms with E-state index in [4.69, 9.17) is 33.2 Å². The molecule has 0 atom stereocenters. The molecule has 246 valence electrons. The molecule has 0 bridgehead atoms. The van der Waals surface area contributed by atoms with Crippen LogP contribution in [0.2, 0.25) is 0 Å². The van der Waals surface area contributed by atoms with E-state index in [0.717, 1.165) is 13.0 Å². The SMILES string of the molecule is CCCCCCCCCCCCCCCOCCOCCOCCOCCOCCOCCNC(=O)OC(C)(C)C. The number of unbranched alkanes of at least 4 members (excludes halogenated alkanes) is 12. The van der Waals surface area contributed by atoms with Gasteiger partial charge in [-0.15, -0.1) is 0 Å². The third kappa shape index (κ3) is 37.0. The zero-order chi connectivity index (χ0) is 30.1. The molecule has 0 aromatic rings. The highest BCUT2D eigenvalue weighted by molar-refractivity contribution is 5.67. The Labute approximate surface area is 252 Å². The van der Waals surface area contributed by atoms with Gasteiger partial charge in [0.25, 0.3) is 0 Å². The van der Waals surface area contributed by atoms with E-state index in [0.29, 0.717) is 79.2 Å². The van der Waals surface area contributed by atoms with Gasteiger partial charge in [-0.25, -0.2) is 4.79 Å². The van der Waals surface area contributed by atoms with Gasteiger partial charge in [-0.05, 0) is 27.2 Å². The van der Waals surface area contributed by atoms with Crippen LogP contribution in [0, 0.1) is 0 Å². The molecular formula is C32H65NO8. The molecular weight excluding hydrogens is 526 g/mol. The average Bonchev–Trinajstić information content (AvgIpc) is 2.92. The second kappa shape index (κ2) is 32.0. The molecule has 0 saturated carbocycles. The van der Waals surface area contributed by atoms with Crippen molar-refractivity contribution in [1.82, 2.24) is 5.32 Å². The van der Waals surface area contributed by atoms with E-state index in [1.54, 1.807) is 0 Å². The van der Waals surface area contributed by atoms with Gasteiger partial charge < -0.3 is 38.5 Å². The van der Waals surface area contributed by atoms with Crippen molar-refractivity contribution in [2.24, 2.45) is 0 Å². The Hall–Kier alpha value is -0.970. The molecule has 0 rings (SSSR count). The summed E-state index contributed by atoms with van der Waals surface area (Å²) in [4.78, 5) is 11.5. The maximum absolute atomic E-state index is 11.5. The smallest absolute Gasteiger partial charge is 0.407 e. The van der Waals surface area contributed by atoms with Gasteiger partial charge in [0, 0.05) is 13.2 Å². The van der Waals surface area contributed by atoms with Crippen LogP contribution in [-0.2, 0) is 33.2 Å². The lowest BCUT2D eigenvalue weighted by Gasteiger charge is -2.19.